The number of benzene rings is 2. The van der Waals surface area contributed by atoms with Crippen LogP contribution in [0.2, 0.25) is 0 Å². The summed E-state index contributed by atoms with van der Waals surface area (Å²) < 4.78 is 57.5. The minimum Gasteiger partial charge on any atom is -0.530 e. The minimum atomic E-state index is -4.26. The summed E-state index contributed by atoms with van der Waals surface area (Å²) in [4.78, 5) is 25.9. The molecule has 5 atom stereocenters. The van der Waals surface area contributed by atoms with Crippen molar-refractivity contribution in [1.82, 2.24) is 14.5 Å². The highest BCUT2D eigenvalue weighted by atomic mass is 32.2. The van der Waals surface area contributed by atoms with Crippen LogP contribution in [0, 0.1) is 11.3 Å². The molecule has 0 radical (unpaired) electrons. The molecule has 2 amide bonds. The molecular formula is C37H50N3O11S-. The zero-order chi connectivity index (χ0) is 37.3. The van der Waals surface area contributed by atoms with E-state index in [-0.39, 0.29) is 49.5 Å². The van der Waals surface area contributed by atoms with E-state index < -0.39 is 58.6 Å². The standard InChI is InChI=1S/C37H51N3O11S/c1-4-5-18-48-35(42)38-17-10-9-16-37(2,3)24-39(52(45,46)27-13-14-32-33(21-27)51-25-50-32)22-31(41)29(20-26-11-7-6-8-12-26)40(36(43)44)30-23-49-34-28(30)15-19-47-34/h4,6-8,11-14,21,28-31,34,41H,1,5,9-10,15-20,22-25H2,2-3H3,(H,38,42)(H,43,44)/p-1/t28-,29-,30-,31+,34+/m0/s1. The fraction of sp³-hybridized carbons (Fsp3) is 0.568. The first-order valence-corrected chi connectivity index (χ1v) is 19.2. The molecule has 0 bridgehead atoms. The van der Waals surface area contributed by atoms with Crippen LogP contribution in [0.3, 0.4) is 0 Å². The molecule has 0 aliphatic carbocycles. The van der Waals surface area contributed by atoms with Crippen molar-refractivity contribution in [3.63, 3.8) is 0 Å². The summed E-state index contributed by atoms with van der Waals surface area (Å²) in [6.07, 6.45) is 0.796. The van der Waals surface area contributed by atoms with Crippen LogP contribution in [0.5, 0.6) is 11.5 Å². The number of unbranched alkanes of at least 4 members (excludes halogenated alkanes) is 1. The van der Waals surface area contributed by atoms with Crippen LogP contribution in [0.25, 0.3) is 0 Å². The summed E-state index contributed by atoms with van der Waals surface area (Å²) in [5.74, 6) is 0.458. The van der Waals surface area contributed by atoms with Crippen LogP contribution >= 0.6 is 0 Å². The second-order valence-corrected chi connectivity index (χ2v) is 16.1. The number of hydrogen-bond donors (Lipinski definition) is 2. The third-order valence-electron chi connectivity index (χ3n) is 9.75. The number of nitrogens with zero attached hydrogens (tertiary/aromatic N) is 2. The van der Waals surface area contributed by atoms with Gasteiger partial charge < -0.3 is 48.9 Å². The Bertz CT molecular complexity index is 1620. The number of nitrogens with one attached hydrogen (secondary N) is 1. The van der Waals surface area contributed by atoms with Gasteiger partial charge in [-0.3, -0.25) is 0 Å². The number of alkyl carbamates (subject to hydrolysis) is 1. The van der Waals surface area contributed by atoms with E-state index in [0.717, 1.165) is 10.5 Å². The maximum Gasteiger partial charge on any atom is 0.407 e. The number of carbonyl (C=O) groups is 2. The van der Waals surface area contributed by atoms with E-state index in [2.05, 4.69) is 11.9 Å². The lowest BCUT2D eigenvalue weighted by Gasteiger charge is -2.43. The van der Waals surface area contributed by atoms with Crippen LogP contribution in [0.4, 0.5) is 9.59 Å². The van der Waals surface area contributed by atoms with Crippen LogP contribution in [-0.4, -0.2) is 106 Å². The van der Waals surface area contributed by atoms with Gasteiger partial charge >= 0.3 is 6.09 Å². The Morgan fingerprint density at radius 1 is 1.13 bits per heavy atom. The van der Waals surface area contributed by atoms with E-state index in [1.165, 1.54) is 22.5 Å². The Hall–Kier alpha value is -3.89. The molecule has 3 aliphatic heterocycles. The third-order valence-corrected chi connectivity index (χ3v) is 11.6. The second kappa shape index (κ2) is 17.8. The Balaban J connectivity index is 1.38. The Labute approximate surface area is 305 Å². The van der Waals surface area contributed by atoms with Gasteiger partial charge in [0.25, 0.3) is 0 Å². The summed E-state index contributed by atoms with van der Waals surface area (Å²) in [6.45, 7) is 8.16. The van der Waals surface area contributed by atoms with Gasteiger partial charge in [-0.1, -0.05) is 56.7 Å². The van der Waals surface area contributed by atoms with Crippen LogP contribution in [0.1, 0.15) is 51.5 Å². The number of amides is 2. The van der Waals surface area contributed by atoms with E-state index in [1.807, 2.05) is 44.2 Å². The number of carbonyl (C=O) groups excluding carboxylic acids is 2. The lowest BCUT2D eigenvalue weighted by atomic mass is 9.87. The maximum absolute atomic E-state index is 14.5. The van der Waals surface area contributed by atoms with Gasteiger partial charge in [-0.25, -0.2) is 13.2 Å². The van der Waals surface area contributed by atoms with Crippen molar-refractivity contribution in [3.8, 4) is 11.5 Å². The molecule has 0 aromatic heterocycles. The summed E-state index contributed by atoms with van der Waals surface area (Å²) in [6, 6.07) is 11.8. The lowest BCUT2D eigenvalue weighted by molar-refractivity contribution is -0.273. The zero-order valence-corrected chi connectivity index (χ0v) is 30.6. The normalized spacial score (nSPS) is 20.7. The molecule has 52 heavy (non-hydrogen) atoms. The van der Waals surface area contributed by atoms with Gasteiger partial charge in [0.05, 0.1) is 42.9 Å². The van der Waals surface area contributed by atoms with Gasteiger partial charge in [-0.15, -0.1) is 6.58 Å². The SMILES string of the molecule is C=CCCOC(=O)NCCCCC(C)(C)CN(C[C@@H](O)[C@H](Cc1ccccc1)N(C(=O)[O-])[C@H]1CO[C@H]2OCC[C@H]21)S(=O)(=O)c1ccc2c(c1)OCO2. The van der Waals surface area contributed by atoms with E-state index in [0.29, 0.717) is 51.0 Å². The predicted molar refractivity (Wildman–Crippen MR) is 188 cm³/mol. The Kier molecular flexibility index (Phi) is 13.4. The number of aliphatic hydroxyl groups is 1. The van der Waals surface area contributed by atoms with Gasteiger partial charge in [0.1, 0.15) is 6.09 Å². The molecule has 2 aromatic carbocycles. The molecular weight excluding hydrogens is 694 g/mol. The molecule has 286 valence electrons. The van der Waals surface area contributed by atoms with Gasteiger partial charge in [-0.2, -0.15) is 4.31 Å². The molecule has 2 saturated heterocycles. The summed E-state index contributed by atoms with van der Waals surface area (Å²) >= 11 is 0. The van der Waals surface area contributed by atoms with Crippen LogP contribution < -0.4 is 19.9 Å². The highest BCUT2D eigenvalue weighted by Gasteiger charge is 2.47. The van der Waals surface area contributed by atoms with E-state index >= 15 is 0 Å². The maximum atomic E-state index is 14.5. The molecule has 15 heteroatoms. The first-order chi connectivity index (χ1) is 24.9. The van der Waals surface area contributed by atoms with Gasteiger partial charge in [0.15, 0.2) is 17.8 Å². The number of sulfonamides is 1. The molecule has 2 fully saturated rings. The fourth-order valence-electron chi connectivity index (χ4n) is 7.05. The first-order valence-electron chi connectivity index (χ1n) is 17.8. The zero-order valence-electron chi connectivity index (χ0n) is 29.8. The molecule has 3 heterocycles. The monoisotopic (exact) mass is 744 g/mol. The Morgan fingerprint density at radius 2 is 1.90 bits per heavy atom. The van der Waals surface area contributed by atoms with Crippen molar-refractivity contribution in [2.75, 3.05) is 46.2 Å². The van der Waals surface area contributed by atoms with Crippen LogP contribution in [-0.2, 0) is 30.7 Å². The van der Waals surface area contributed by atoms with Crippen molar-refractivity contribution >= 4 is 22.2 Å². The smallest absolute Gasteiger partial charge is 0.407 e. The molecule has 0 saturated carbocycles. The van der Waals surface area contributed by atoms with E-state index in [4.69, 9.17) is 23.7 Å². The number of carboxylic acid groups (broad SMARTS) is 1. The number of hydrogen-bond acceptors (Lipinski definition) is 11. The van der Waals surface area contributed by atoms with E-state index in [1.54, 1.807) is 6.08 Å². The third kappa shape index (κ3) is 9.95. The second-order valence-electron chi connectivity index (χ2n) is 14.2. The molecule has 2 aromatic rings. The minimum absolute atomic E-state index is 0.00627. The highest BCUT2D eigenvalue weighted by molar-refractivity contribution is 7.89. The van der Waals surface area contributed by atoms with Crippen molar-refractivity contribution in [2.45, 2.75) is 81.7 Å². The molecule has 3 aliphatic rings. The molecule has 0 spiro atoms. The summed E-state index contributed by atoms with van der Waals surface area (Å²) in [7, 11) is -4.26. The average Bonchev–Trinajstić information content (AvgIpc) is 3.86. The highest BCUT2D eigenvalue weighted by Crippen LogP contribution is 2.38. The van der Waals surface area contributed by atoms with Gasteiger partial charge in [0, 0.05) is 31.6 Å². The van der Waals surface area contributed by atoms with Crippen molar-refractivity contribution in [1.29, 1.82) is 0 Å². The van der Waals surface area contributed by atoms with Gasteiger partial charge in [-0.05, 0) is 55.2 Å². The van der Waals surface area contributed by atoms with Gasteiger partial charge in [0.2, 0.25) is 16.8 Å². The molecule has 0 unspecified atom stereocenters. The first kappa shape index (κ1) is 39.3. The molecule has 14 nitrogen and oxygen atoms in total. The quantitative estimate of drug-likeness (QED) is 0.160. The lowest BCUT2D eigenvalue weighted by Crippen LogP contribution is -2.61. The summed E-state index contributed by atoms with van der Waals surface area (Å²) in [5, 5.41) is 27.7. The fourth-order valence-corrected chi connectivity index (χ4v) is 8.71. The molecule has 5 rings (SSSR count). The number of fused-ring (bicyclic) bond motifs is 2. The molecule has 2 N–H and O–H groups in total. The number of ether oxygens (including phenoxy) is 5. The average molecular weight is 745 g/mol. The number of aliphatic hydroxyl groups excluding tert-OH is 1. The van der Waals surface area contributed by atoms with E-state index in [9.17, 15) is 28.2 Å². The summed E-state index contributed by atoms with van der Waals surface area (Å²) in [5.41, 5.74) is 0.171. The van der Waals surface area contributed by atoms with Crippen molar-refractivity contribution in [2.24, 2.45) is 11.3 Å². The largest absolute Gasteiger partial charge is 0.530 e. The van der Waals surface area contributed by atoms with Crippen molar-refractivity contribution < 1.29 is 51.9 Å². The van der Waals surface area contributed by atoms with Crippen molar-refractivity contribution in [3.05, 3.63) is 66.7 Å². The Morgan fingerprint density at radius 3 is 2.65 bits per heavy atom. The predicted octanol–water partition coefficient (Wildman–Crippen LogP) is 3.28. The number of rotatable bonds is 19. The van der Waals surface area contributed by atoms with Crippen LogP contribution in [0.15, 0.2) is 66.1 Å². The topological polar surface area (TPSA) is 176 Å².